The Labute approximate surface area is 200 Å². The van der Waals surface area contributed by atoms with E-state index in [1.807, 2.05) is 41.5 Å². The largest absolute Gasteiger partial charge is 0.493 e. The molecule has 2 heterocycles. The lowest BCUT2D eigenvalue weighted by atomic mass is 9.78. The maximum absolute atomic E-state index is 14.0. The van der Waals surface area contributed by atoms with Crippen molar-refractivity contribution < 1.29 is 19.1 Å². The average molecular weight is 469 g/mol. The number of likely N-dealkylation sites (tertiary alicyclic amines) is 1. The van der Waals surface area contributed by atoms with E-state index in [1.165, 1.54) is 0 Å². The van der Waals surface area contributed by atoms with Crippen molar-refractivity contribution in [3.05, 3.63) is 53.1 Å². The van der Waals surface area contributed by atoms with E-state index in [0.29, 0.717) is 28.5 Å². The van der Waals surface area contributed by atoms with Gasteiger partial charge in [-0.3, -0.25) is 9.59 Å². The van der Waals surface area contributed by atoms with Gasteiger partial charge in [-0.1, -0.05) is 19.1 Å². The summed E-state index contributed by atoms with van der Waals surface area (Å²) in [7, 11) is 4.91. The number of carbonyl (C=O) groups excluding carboxylic acids is 2. The van der Waals surface area contributed by atoms with Gasteiger partial charge < -0.3 is 19.3 Å². The molecular formula is C26H32N2O4S. The maximum Gasteiger partial charge on any atom is 0.254 e. The molecule has 1 fully saturated rings. The summed E-state index contributed by atoms with van der Waals surface area (Å²) < 4.78 is 11.0. The van der Waals surface area contributed by atoms with Crippen LogP contribution in [0.1, 0.15) is 53.2 Å². The molecule has 4 rings (SSSR count). The SMILES string of the molecule is COc1cc2c(cc1OC)[C@@H](C(=O)N1CCC(C)CC1)[C@@H](c1ccc(SC)cc1)N(C)C2=O. The summed E-state index contributed by atoms with van der Waals surface area (Å²) >= 11 is 1.67. The number of benzene rings is 2. The first kappa shape index (κ1) is 23.5. The number of rotatable bonds is 5. The Kier molecular flexibility index (Phi) is 6.88. The van der Waals surface area contributed by atoms with Gasteiger partial charge in [0.1, 0.15) is 0 Å². The molecule has 0 saturated carbocycles. The van der Waals surface area contributed by atoms with Gasteiger partial charge in [-0.15, -0.1) is 11.8 Å². The number of hydrogen-bond acceptors (Lipinski definition) is 5. The first-order valence-electron chi connectivity index (χ1n) is 11.3. The second-order valence-corrected chi connectivity index (χ2v) is 9.79. The van der Waals surface area contributed by atoms with Gasteiger partial charge in [0.2, 0.25) is 5.91 Å². The highest BCUT2D eigenvalue weighted by molar-refractivity contribution is 7.98. The lowest BCUT2D eigenvalue weighted by Crippen LogP contribution is -2.48. The van der Waals surface area contributed by atoms with Crippen molar-refractivity contribution in [2.45, 2.75) is 36.6 Å². The van der Waals surface area contributed by atoms with E-state index in [-0.39, 0.29) is 11.8 Å². The average Bonchev–Trinajstić information content (AvgIpc) is 2.85. The van der Waals surface area contributed by atoms with Crippen molar-refractivity contribution in [2.75, 3.05) is 40.6 Å². The lowest BCUT2D eigenvalue weighted by molar-refractivity contribution is -0.135. The Morgan fingerprint density at radius 1 is 1.03 bits per heavy atom. The molecule has 2 aromatic rings. The van der Waals surface area contributed by atoms with E-state index in [9.17, 15) is 9.59 Å². The fourth-order valence-corrected chi connectivity index (χ4v) is 5.37. The number of nitrogens with zero attached hydrogens (tertiary/aromatic N) is 2. The summed E-state index contributed by atoms with van der Waals surface area (Å²) in [5, 5.41) is 0. The predicted octanol–water partition coefficient (Wildman–Crippen LogP) is 4.59. The van der Waals surface area contributed by atoms with Gasteiger partial charge in [-0.2, -0.15) is 0 Å². The van der Waals surface area contributed by atoms with Crippen molar-refractivity contribution in [2.24, 2.45) is 5.92 Å². The molecular weight excluding hydrogens is 436 g/mol. The number of fused-ring (bicyclic) bond motifs is 1. The van der Waals surface area contributed by atoms with Gasteiger partial charge in [0.15, 0.2) is 11.5 Å². The van der Waals surface area contributed by atoms with Crippen molar-refractivity contribution in [3.63, 3.8) is 0 Å². The summed E-state index contributed by atoms with van der Waals surface area (Å²) in [4.78, 5) is 32.3. The Hall–Kier alpha value is -2.67. The molecule has 176 valence electrons. The van der Waals surface area contributed by atoms with Crippen LogP contribution in [-0.2, 0) is 4.79 Å². The highest BCUT2D eigenvalue weighted by atomic mass is 32.2. The van der Waals surface area contributed by atoms with Crippen LogP contribution >= 0.6 is 11.8 Å². The van der Waals surface area contributed by atoms with E-state index in [0.717, 1.165) is 36.4 Å². The third-order valence-corrected chi connectivity index (χ3v) is 7.74. The Bertz CT molecular complexity index is 1030. The minimum absolute atomic E-state index is 0.0636. The van der Waals surface area contributed by atoms with E-state index < -0.39 is 12.0 Å². The third kappa shape index (κ3) is 4.31. The molecule has 6 nitrogen and oxygen atoms in total. The third-order valence-electron chi connectivity index (χ3n) is 6.99. The monoisotopic (exact) mass is 468 g/mol. The van der Waals surface area contributed by atoms with Gasteiger partial charge in [0, 0.05) is 30.6 Å². The molecule has 2 aliphatic rings. The van der Waals surface area contributed by atoms with E-state index >= 15 is 0 Å². The molecule has 7 heteroatoms. The van der Waals surface area contributed by atoms with Crippen molar-refractivity contribution in [1.82, 2.24) is 9.80 Å². The second-order valence-electron chi connectivity index (χ2n) is 8.91. The zero-order valence-corrected chi connectivity index (χ0v) is 20.8. The molecule has 2 aromatic carbocycles. The number of hydrogen-bond donors (Lipinski definition) is 0. The topological polar surface area (TPSA) is 59.1 Å². The maximum atomic E-state index is 14.0. The molecule has 33 heavy (non-hydrogen) atoms. The standard InChI is InChI=1S/C26H32N2O4S/c1-16-10-12-28(13-11-16)26(30)23-19-14-21(31-3)22(32-4)15-20(19)25(29)27(2)24(23)17-6-8-18(33-5)9-7-17/h6-9,14-16,23-24H,10-13H2,1-5H3/t23-,24-/m1/s1. The molecule has 0 unspecified atom stereocenters. The van der Waals surface area contributed by atoms with Crippen molar-refractivity contribution >= 4 is 23.6 Å². The van der Waals surface area contributed by atoms with Crippen molar-refractivity contribution in [3.8, 4) is 11.5 Å². The van der Waals surface area contributed by atoms with Crippen LogP contribution < -0.4 is 9.47 Å². The molecule has 1 saturated heterocycles. The van der Waals surface area contributed by atoms with E-state index in [1.54, 1.807) is 44.0 Å². The normalized spacial score (nSPS) is 21.1. The highest BCUT2D eigenvalue weighted by Crippen LogP contribution is 2.46. The van der Waals surface area contributed by atoms with Crippen LogP contribution in [0.5, 0.6) is 11.5 Å². The summed E-state index contributed by atoms with van der Waals surface area (Å²) in [6.45, 7) is 3.72. The van der Waals surface area contributed by atoms with Crippen LogP contribution in [0, 0.1) is 5.92 Å². The number of amides is 2. The quantitative estimate of drug-likeness (QED) is 0.601. The van der Waals surface area contributed by atoms with Gasteiger partial charge in [-0.05, 0) is 60.4 Å². The summed E-state index contributed by atoms with van der Waals surface area (Å²) in [6.07, 6.45) is 4.03. The summed E-state index contributed by atoms with van der Waals surface area (Å²) in [5.74, 6) is 1.05. The Balaban J connectivity index is 1.86. The number of methoxy groups -OCH3 is 2. The summed E-state index contributed by atoms with van der Waals surface area (Å²) in [5.41, 5.74) is 2.15. The Morgan fingerprint density at radius 2 is 1.64 bits per heavy atom. The second kappa shape index (κ2) is 9.67. The molecule has 0 radical (unpaired) electrons. The predicted molar refractivity (Wildman–Crippen MR) is 130 cm³/mol. The van der Waals surface area contributed by atoms with Gasteiger partial charge in [0.25, 0.3) is 5.91 Å². The zero-order valence-electron chi connectivity index (χ0n) is 20.0. The molecule has 0 spiro atoms. The van der Waals surface area contributed by atoms with Crippen LogP contribution in [0.15, 0.2) is 41.3 Å². The zero-order chi connectivity index (χ0) is 23.7. The first-order valence-corrected chi connectivity index (χ1v) is 12.6. The van der Waals surface area contributed by atoms with Gasteiger partial charge in [0.05, 0.1) is 26.2 Å². The molecule has 2 atom stereocenters. The lowest BCUT2D eigenvalue weighted by Gasteiger charge is -2.43. The number of carbonyl (C=O) groups is 2. The number of likely N-dealkylation sites (N-methyl/N-ethyl adjacent to an activating group) is 1. The van der Waals surface area contributed by atoms with Gasteiger partial charge >= 0.3 is 0 Å². The Morgan fingerprint density at radius 3 is 2.21 bits per heavy atom. The molecule has 0 aliphatic carbocycles. The number of ether oxygens (including phenoxy) is 2. The highest BCUT2D eigenvalue weighted by Gasteiger charge is 2.45. The van der Waals surface area contributed by atoms with Crippen LogP contribution in [0.4, 0.5) is 0 Å². The molecule has 0 aromatic heterocycles. The molecule has 2 amide bonds. The summed E-state index contributed by atoms with van der Waals surface area (Å²) in [6, 6.07) is 11.3. The molecule has 0 N–H and O–H groups in total. The first-order chi connectivity index (χ1) is 15.9. The van der Waals surface area contributed by atoms with Crippen LogP contribution in [0.2, 0.25) is 0 Å². The van der Waals surface area contributed by atoms with Crippen molar-refractivity contribution in [1.29, 1.82) is 0 Å². The fraction of sp³-hybridized carbons (Fsp3) is 0.462. The van der Waals surface area contributed by atoms with Crippen LogP contribution in [0.3, 0.4) is 0 Å². The number of piperidine rings is 1. The van der Waals surface area contributed by atoms with Crippen LogP contribution in [-0.4, -0.2) is 62.2 Å². The smallest absolute Gasteiger partial charge is 0.254 e. The van der Waals surface area contributed by atoms with Gasteiger partial charge in [-0.25, -0.2) is 0 Å². The van der Waals surface area contributed by atoms with E-state index in [4.69, 9.17) is 9.47 Å². The minimum atomic E-state index is -0.518. The number of thioether (sulfide) groups is 1. The molecule has 0 bridgehead atoms. The fourth-order valence-electron chi connectivity index (χ4n) is 4.96. The van der Waals surface area contributed by atoms with E-state index in [2.05, 4.69) is 6.92 Å². The molecule has 2 aliphatic heterocycles. The van der Waals surface area contributed by atoms with Crippen LogP contribution in [0.25, 0.3) is 0 Å². The minimum Gasteiger partial charge on any atom is -0.493 e.